The van der Waals surface area contributed by atoms with E-state index in [1.807, 2.05) is 19.9 Å². The molecule has 1 aromatic heterocycles. The molecule has 0 unspecified atom stereocenters. The number of nitrogens with two attached hydrogens (primary N) is 1. The first kappa shape index (κ1) is 11.9. The Balaban J connectivity index is 2.46. The van der Waals surface area contributed by atoms with Gasteiger partial charge in [0.2, 0.25) is 0 Å². The van der Waals surface area contributed by atoms with Crippen molar-refractivity contribution < 1.29 is 4.74 Å². The SMILES string of the molecule is Cc1cc(C)c(C(=N)N)c(N2CCOCC2)n1. The molecule has 0 spiro atoms. The number of amidine groups is 1. The van der Waals surface area contributed by atoms with Crippen molar-refractivity contribution in [2.24, 2.45) is 5.73 Å². The summed E-state index contributed by atoms with van der Waals surface area (Å²) in [6.07, 6.45) is 0. The molecule has 92 valence electrons. The summed E-state index contributed by atoms with van der Waals surface area (Å²) in [5, 5.41) is 7.69. The molecule has 1 aliphatic rings. The van der Waals surface area contributed by atoms with E-state index in [0.717, 1.165) is 35.7 Å². The average molecular weight is 234 g/mol. The van der Waals surface area contributed by atoms with Gasteiger partial charge >= 0.3 is 0 Å². The van der Waals surface area contributed by atoms with E-state index in [2.05, 4.69) is 9.88 Å². The van der Waals surface area contributed by atoms with Crippen molar-refractivity contribution in [1.82, 2.24) is 4.98 Å². The van der Waals surface area contributed by atoms with Crippen LogP contribution in [0.1, 0.15) is 16.8 Å². The molecule has 1 aliphatic heterocycles. The minimum atomic E-state index is 0.0801. The molecule has 0 atom stereocenters. The predicted molar refractivity (Wildman–Crippen MR) is 67.8 cm³/mol. The van der Waals surface area contributed by atoms with Gasteiger partial charge in [0, 0.05) is 18.8 Å². The highest BCUT2D eigenvalue weighted by Crippen LogP contribution is 2.22. The average Bonchev–Trinajstić information content (AvgIpc) is 2.28. The van der Waals surface area contributed by atoms with Crippen molar-refractivity contribution in [2.45, 2.75) is 13.8 Å². The lowest BCUT2D eigenvalue weighted by atomic mass is 10.1. The van der Waals surface area contributed by atoms with Crippen LogP contribution in [0, 0.1) is 19.3 Å². The van der Waals surface area contributed by atoms with Gasteiger partial charge in [-0.1, -0.05) is 0 Å². The van der Waals surface area contributed by atoms with Crippen LogP contribution in [0.25, 0.3) is 0 Å². The first-order valence-corrected chi connectivity index (χ1v) is 5.75. The zero-order valence-corrected chi connectivity index (χ0v) is 10.3. The van der Waals surface area contributed by atoms with Crippen molar-refractivity contribution in [3.63, 3.8) is 0 Å². The maximum Gasteiger partial charge on any atom is 0.140 e. The Morgan fingerprint density at radius 2 is 2.06 bits per heavy atom. The van der Waals surface area contributed by atoms with Crippen LogP contribution in [0.2, 0.25) is 0 Å². The number of aryl methyl sites for hydroxylation is 2. The van der Waals surface area contributed by atoms with Gasteiger partial charge in [0.15, 0.2) is 0 Å². The third-order valence-corrected chi connectivity index (χ3v) is 2.91. The van der Waals surface area contributed by atoms with Crippen LogP contribution in [0.5, 0.6) is 0 Å². The third-order valence-electron chi connectivity index (χ3n) is 2.91. The number of ether oxygens (including phenoxy) is 1. The zero-order valence-electron chi connectivity index (χ0n) is 10.3. The minimum Gasteiger partial charge on any atom is -0.384 e. The fraction of sp³-hybridized carbons (Fsp3) is 0.500. The van der Waals surface area contributed by atoms with E-state index >= 15 is 0 Å². The molecule has 1 saturated heterocycles. The fourth-order valence-electron chi connectivity index (χ4n) is 2.15. The molecule has 0 bridgehead atoms. The summed E-state index contributed by atoms with van der Waals surface area (Å²) in [4.78, 5) is 6.67. The maximum atomic E-state index is 7.69. The molecule has 3 N–H and O–H groups in total. The quantitative estimate of drug-likeness (QED) is 0.587. The van der Waals surface area contributed by atoms with Crippen molar-refractivity contribution in [1.29, 1.82) is 5.41 Å². The van der Waals surface area contributed by atoms with E-state index in [0.29, 0.717) is 13.2 Å². The van der Waals surface area contributed by atoms with Gasteiger partial charge in [-0.25, -0.2) is 4.98 Å². The number of aromatic nitrogens is 1. The number of nitrogen functional groups attached to an aromatic ring is 1. The van der Waals surface area contributed by atoms with Crippen molar-refractivity contribution in [2.75, 3.05) is 31.2 Å². The Morgan fingerprint density at radius 3 is 2.65 bits per heavy atom. The second-order valence-electron chi connectivity index (χ2n) is 4.29. The van der Waals surface area contributed by atoms with Gasteiger partial charge in [0.05, 0.1) is 18.8 Å². The summed E-state index contributed by atoms with van der Waals surface area (Å²) in [5.41, 5.74) is 8.36. The molecule has 0 aromatic carbocycles. The highest BCUT2D eigenvalue weighted by Gasteiger charge is 2.19. The van der Waals surface area contributed by atoms with Crippen LogP contribution in [0.4, 0.5) is 5.82 Å². The van der Waals surface area contributed by atoms with Crippen molar-refractivity contribution in [3.05, 3.63) is 22.9 Å². The molecule has 17 heavy (non-hydrogen) atoms. The maximum absolute atomic E-state index is 7.69. The third kappa shape index (κ3) is 2.39. The number of hydrogen-bond acceptors (Lipinski definition) is 4. The van der Waals surface area contributed by atoms with E-state index in [4.69, 9.17) is 15.9 Å². The summed E-state index contributed by atoms with van der Waals surface area (Å²) < 4.78 is 5.33. The van der Waals surface area contributed by atoms with Crippen LogP contribution in [0.15, 0.2) is 6.07 Å². The predicted octanol–water partition coefficient (Wildman–Crippen LogP) is 0.819. The van der Waals surface area contributed by atoms with Gasteiger partial charge in [-0.15, -0.1) is 0 Å². The van der Waals surface area contributed by atoms with Crippen molar-refractivity contribution >= 4 is 11.7 Å². The summed E-state index contributed by atoms with van der Waals surface area (Å²) in [6.45, 7) is 6.93. The molecule has 1 aromatic rings. The zero-order chi connectivity index (χ0) is 12.4. The molecule has 0 radical (unpaired) electrons. The van der Waals surface area contributed by atoms with Gasteiger partial charge in [0.25, 0.3) is 0 Å². The molecule has 0 aliphatic carbocycles. The Hall–Kier alpha value is -1.62. The number of hydrogen-bond donors (Lipinski definition) is 2. The lowest BCUT2D eigenvalue weighted by molar-refractivity contribution is 0.122. The first-order chi connectivity index (χ1) is 8.09. The Kier molecular flexibility index (Phi) is 3.28. The lowest BCUT2D eigenvalue weighted by Crippen LogP contribution is -2.38. The Morgan fingerprint density at radius 1 is 1.41 bits per heavy atom. The fourth-order valence-corrected chi connectivity index (χ4v) is 2.15. The summed E-state index contributed by atoms with van der Waals surface area (Å²) in [6, 6.07) is 1.96. The molecular formula is C12H18N4O. The number of nitrogens with one attached hydrogen (secondary N) is 1. The lowest BCUT2D eigenvalue weighted by Gasteiger charge is -2.30. The van der Waals surface area contributed by atoms with Gasteiger partial charge < -0.3 is 15.4 Å². The highest BCUT2D eigenvalue weighted by molar-refractivity contribution is 6.01. The van der Waals surface area contributed by atoms with E-state index < -0.39 is 0 Å². The number of morpholine rings is 1. The number of pyridine rings is 1. The van der Waals surface area contributed by atoms with E-state index in [9.17, 15) is 0 Å². The molecule has 2 heterocycles. The van der Waals surface area contributed by atoms with E-state index in [-0.39, 0.29) is 5.84 Å². The topological polar surface area (TPSA) is 75.2 Å². The Labute approximate surface area is 101 Å². The summed E-state index contributed by atoms with van der Waals surface area (Å²) in [5.74, 6) is 0.898. The standard InChI is InChI=1S/C12H18N4O/c1-8-7-9(2)15-12(10(8)11(13)14)16-3-5-17-6-4-16/h7H,3-6H2,1-2H3,(H3,13,14). The molecular weight excluding hydrogens is 216 g/mol. The van der Waals surface area contributed by atoms with Crippen LogP contribution < -0.4 is 10.6 Å². The van der Waals surface area contributed by atoms with Crippen LogP contribution in [-0.2, 0) is 4.74 Å². The van der Waals surface area contributed by atoms with Crippen molar-refractivity contribution in [3.8, 4) is 0 Å². The second kappa shape index (κ2) is 4.71. The summed E-state index contributed by atoms with van der Waals surface area (Å²) >= 11 is 0. The second-order valence-corrected chi connectivity index (χ2v) is 4.29. The van der Waals surface area contributed by atoms with Crippen LogP contribution in [-0.4, -0.2) is 37.1 Å². The highest BCUT2D eigenvalue weighted by atomic mass is 16.5. The van der Waals surface area contributed by atoms with Gasteiger partial charge in [-0.2, -0.15) is 0 Å². The van der Waals surface area contributed by atoms with Crippen LogP contribution in [0.3, 0.4) is 0 Å². The normalized spacial score (nSPS) is 16.0. The molecule has 0 saturated carbocycles. The van der Waals surface area contributed by atoms with Gasteiger partial charge in [-0.3, -0.25) is 5.41 Å². The van der Waals surface area contributed by atoms with E-state index in [1.165, 1.54) is 0 Å². The minimum absolute atomic E-state index is 0.0801. The first-order valence-electron chi connectivity index (χ1n) is 5.75. The van der Waals surface area contributed by atoms with Gasteiger partial charge in [-0.05, 0) is 25.5 Å². The summed E-state index contributed by atoms with van der Waals surface area (Å²) in [7, 11) is 0. The van der Waals surface area contributed by atoms with Crippen LogP contribution >= 0.6 is 0 Å². The molecule has 0 amide bonds. The van der Waals surface area contributed by atoms with E-state index in [1.54, 1.807) is 0 Å². The monoisotopic (exact) mass is 234 g/mol. The smallest absolute Gasteiger partial charge is 0.140 e. The Bertz CT molecular complexity index is 438. The molecule has 2 rings (SSSR count). The number of nitrogens with zero attached hydrogens (tertiary/aromatic N) is 2. The molecule has 5 heteroatoms. The van der Waals surface area contributed by atoms with Gasteiger partial charge in [0.1, 0.15) is 11.7 Å². The number of rotatable bonds is 2. The molecule has 1 fully saturated rings. The largest absolute Gasteiger partial charge is 0.384 e. The molecule has 5 nitrogen and oxygen atoms in total. The number of anilines is 1.